The number of ether oxygens (including phenoxy) is 1. The van der Waals surface area contributed by atoms with E-state index in [4.69, 9.17) is 4.74 Å². The number of carbonyl (C=O) groups excluding carboxylic acids is 1. The molecule has 29 heavy (non-hydrogen) atoms. The second-order valence-electron chi connectivity index (χ2n) is 7.17. The fourth-order valence-electron chi connectivity index (χ4n) is 3.91. The summed E-state index contributed by atoms with van der Waals surface area (Å²) < 4.78 is 5.11. The van der Waals surface area contributed by atoms with Gasteiger partial charge in [-0.1, -0.05) is 6.07 Å². The first kappa shape index (κ1) is 19.7. The molecule has 0 spiro atoms. The van der Waals surface area contributed by atoms with Crippen molar-refractivity contribution in [1.29, 1.82) is 0 Å². The minimum absolute atomic E-state index is 0.0694. The van der Waals surface area contributed by atoms with Crippen molar-refractivity contribution in [2.75, 3.05) is 32.1 Å². The van der Waals surface area contributed by atoms with Crippen molar-refractivity contribution in [2.45, 2.75) is 32.2 Å². The summed E-state index contributed by atoms with van der Waals surface area (Å²) in [5.41, 5.74) is 2.03. The fraction of sp³-hybridized carbons (Fsp3) is 0.429. The number of methoxy groups -OCH3 is 1. The van der Waals surface area contributed by atoms with Crippen LogP contribution in [-0.2, 0) is 4.74 Å². The molecule has 8 heteroatoms. The Morgan fingerprint density at radius 3 is 3.07 bits per heavy atom. The number of aryl methyl sites for hydroxylation is 1. The lowest BCUT2D eigenvalue weighted by molar-refractivity contribution is 0.0615. The minimum atomic E-state index is 0.0694. The lowest BCUT2D eigenvalue weighted by Crippen LogP contribution is -2.38. The molecular formula is C21H25N5O2S. The topological polar surface area (TPSA) is 80.2 Å². The quantitative estimate of drug-likeness (QED) is 0.621. The molecule has 1 saturated heterocycles. The van der Waals surface area contributed by atoms with E-state index < -0.39 is 0 Å². The molecule has 4 rings (SSSR count). The van der Waals surface area contributed by atoms with Crippen LogP contribution in [0.15, 0.2) is 30.9 Å². The number of nitrogens with one attached hydrogen (secondary N) is 1. The number of likely N-dealkylation sites (tertiary alicyclic amines) is 1. The van der Waals surface area contributed by atoms with Gasteiger partial charge in [0.15, 0.2) is 0 Å². The van der Waals surface area contributed by atoms with Crippen molar-refractivity contribution in [3.8, 4) is 0 Å². The van der Waals surface area contributed by atoms with E-state index in [1.165, 1.54) is 11.3 Å². The van der Waals surface area contributed by atoms with E-state index in [2.05, 4.69) is 26.3 Å². The lowest BCUT2D eigenvalue weighted by Gasteiger charge is -2.35. The average molecular weight is 412 g/mol. The molecule has 1 aliphatic heterocycles. The van der Waals surface area contributed by atoms with Gasteiger partial charge >= 0.3 is 0 Å². The molecule has 0 radical (unpaired) electrons. The molecule has 3 aromatic heterocycles. The van der Waals surface area contributed by atoms with Gasteiger partial charge in [0.05, 0.1) is 22.9 Å². The Balaban J connectivity index is 1.67. The highest BCUT2D eigenvalue weighted by Crippen LogP contribution is 2.37. The molecule has 1 atom stereocenters. The van der Waals surface area contributed by atoms with Crippen LogP contribution in [0.1, 0.15) is 46.1 Å². The van der Waals surface area contributed by atoms with Gasteiger partial charge in [0, 0.05) is 32.6 Å². The summed E-state index contributed by atoms with van der Waals surface area (Å²) >= 11 is 1.45. The standard InChI is InChI=1S/C21H25N5O2S/c1-14-17-19(23-9-11-28-2)24-13-25-20(17)29-18(14)21(27)26-10-4-3-7-16(26)15-6-5-8-22-12-15/h5-6,8,12-13,16H,3-4,7,9-11H2,1-2H3,(H,23,24,25)/t16-/m1/s1. The number of amides is 1. The summed E-state index contributed by atoms with van der Waals surface area (Å²) in [5, 5.41) is 4.22. The number of aromatic nitrogens is 3. The summed E-state index contributed by atoms with van der Waals surface area (Å²) in [6, 6.07) is 4.06. The van der Waals surface area contributed by atoms with Crippen LogP contribution in [-0.4, -0.2) is 52.6 Å². The maximum Gasteiger partial charge on any atom is 0.264 e. The number of piperidine rings is 1. The Morgan fingerprint density at radius 2 is 2.28 bits per heavy atom. The Hall–Kier alpha value is -2.58. The summed E-state index contributed by atoms with van der Waals surface area (Å²) in [4.78, 5) is 30.2. The third kappa shape index (κ3) is 3.95. The average Bonchev–Trinajstić information content (AvgIpc) is 3.11. The molecule has 152 valence electrons. The van der Waals surface area contributed by atoms with Gasteiger partial charge in [-0.3, -0.25) is 9.78 Å². The largest absolute Gasteiger partial charge is 0.383 e. The Morgan fingerprint density at radius 1 is 1.38 bits per heavy atom. The summed E-state index contributed by atoms with van der Waals surface area (Å²) in [5.74, 6) is 0.823. The summed E-state index contributed by atoms with van der Waals surface area (Å²) in [6.45, 7) is 3.98. The molecule has 0 bridgehead atoms. The van der Waals surface area contributed by atoms with Gasteiger partial charge in [0.25, 0.3) is 5.91 Å². The summed E-state index contributed by atoms with van der Waals surface area (Å²) in [7, 11) is 1.67. The smallest absolute Gasteiger partial charge is 0.264 e. The third-order valence-electron chi connectivity index (χ3n) is 5.35. The number of pyridine rings is 1. The maximum atomic E-state index is 13.6. The van der Waals surface area contributed by atoms with E-state index in [-0.39, 0.29) is 11.9 Å². The summed E-state index contributed by atoms with van der Waals surface area (Å²) in [6.07, 6.45) is 8.29. The number of anilines is 1. The van der Waals surface area contributed by atoms with Crippen LogP contribution in [0.2, 0.25) is 0 Å². The van der Waals surface area contributed by atoms with Gasteiger partial charge in [0.1, 0.15) is 17.0 Å². The first-order valence-electron chi connectivity index (χ1n) is 9.88. The maximum absolute atomic E-state index is 13.6. The predicted octanol–water partition coefficient (Wildman–Crippen LogP) is 3.82. The van der Waals surface area contributed by atoms with Crippen LogP contribution in [0.3, 0.4) is 0 Å². The van der Waals surface area contributed by atoms with Crippen LogP contribution < -0.4 is 5.32 Å². The molecule has 1 amide bonds. The molecule has 1 N–H and O–H groups in total. The zero-order chi connectivity index (χ0) is 20.2. The number of rotatable bonds is 6. The first-order chi connectivity index (χ1) is 14.2. The molecule has 1 aliphatic rings. The predicted molar refractivity (Wildman–Crippen MR) is 114 cm³/mol. The number of nitrogens with zero attached hydrogens (tertiary/aromatic N) is 4. The van der Waals surface area contributed by atoms with Crippen LogP contribution in [0, 0.1) is 6.92 Å². The Labute approximate surface area is 174 Å². The molecule has 7 nitrogen and oxygen atoms in total. The van der Waals surface area contributed by atoms with E-state index in [0.29, 0.717) is 13.2 Å². The molecule has 0 unspecified atom stereocenters. The molecule has 0 aliphatic carbocycles. The van der Waals surface area contributed by atoms with E-state index in [1.54, 1.807) is 19.6 Å². The number of hydrogen-bond acceptors (Lipinski definition) is 7. The van der Waals surface area contributed by atoms with Gasteiger partial charge in [0.2, 0.25) is 0 Å². The number of hydrogen-bond donors (Lipinski definition) is 1. The van der Waals surface area contributed by atoms with Crippen LogP contribution in [0.4, 0.5) is 5.82 Å². The van der Waals surface area contributed by atoms with Gasteiger partial charge in [-0.25, -0.2) is 9.97 Å². The van der Waals surface area contributed by atoms with Crippen molar-refractivity contribution in [1.82, 2.24) is 19.9 Å². The van der Waals surface area contributed by atoms with E-state index in [9.17, 15) is 4.79 Å². The van der Waals surface area contributed by atoms with Gasteiger partial charge in [-0.2, -0.15) is 0 Å². The molecule has 0 aromatic carbocycles. The van der Waals surface area contributed by atoms with Gasteiger partial charge < -0.3 is 15.0 Å². The minimum Gasteiger partial charge on any atom is -0.383 e. The van der Waals surface area contributed by atoms with Crippen molar-refractivity contribution in [2.24, 2.45) is 0 Å². The van der Waals surface area contributed by atoms with E-state index >= 15 is 0 Å². The number of carbonyl (C=O) groups is 1. The van der Waals surface area contributed by atoms with E-state index in [0.717, 1.165) is 57.8 Å². The fourth-order valence-corrected chi connectivity index (χ4v) is 5.01. The third-order valence-corrected chi connectivity index (χ3v) is 6.54. The SMILES string of the molecule is COCCNc1ncnc2sc(C(=O)N3CCCC[C@@H]3c3cccnc3)c(C)c12. The van der Waals surface area contributed by atoms with Crippen molar-refractivity contribution >= 4 is 33.3 Å². The van der Waals surface area contributed by atoms with Crippen LogP contribution in [0.25, 0.3) is 10.2 Å². The Kier molecular flexibility index (Phi) is 6.01. The van der Waals surface area contributed by atoms with Gasteiger partial charge in [-0.15, -0.1) is 11.3 Å². The second kappa shape index (κ2) is 8.84. The highest BCUT2D eigenvalue weighted by Gasteiger charge is 2.31. The van der Waals surface area contributed by atoms with Crippen LogP contribution in [0.5, 0.6) is 0 Å². The Bertz CT molecular complexity index is 991. The zero-order valence-corrected chi connectivity index (χ0v) is 17.5. The van der Waals surface area contributed by atoms with Crippen molar-refractivity contribution in [3.63, 3.8) is 0 Å². The number of fused-ring (bicyclic) bond motifs is 1. The number of thiophene rings is 1. The highest BCUT2D eigenvalue weighted by molar-refractivity contribution is 7.20. The molecule has 3 aromatic rings. The lowest BCUT2D eigenvalue weighted by atomic mass is 9.96. The highest BCUT2D eigenvalue weighted by atomic mass is 32.1. The molecule has 0 saturated carbocycles. The van der Waals surface area contributed by atoms with Crippen molar-refractivity contribution < 1.29 is 9.53 Å². The first-order valence-corrected chi connectivity index (χ1v) is 10.7. The van der Waals surface area contributed by atoms with Crippen LogP contribution >= 0.6 is 11.3 Å². The van der Waals surface area contributed by atoms with Gasteiger partial charge in [-0.05, 0) is 43.4 Å². The zero-order valence-electron chi connectivity index (χ0n) is 16.7. The molecule has 4 heterocycles. The monoisotopic (exact) mass is 411 g/mol. The molecular weight excluding hydrogens is 386 g/mol. The van der Waals surface area contributed by atoms with Crippen molar-refractivity contribution in [3.05, 3.63) is 46.9 Å². The normalized spacial score (nSPS) is 16.9. The molecule has 1 fully saturated rings. The second-order valence-corrected chi connectivity index (χ2v) is 8.17. The van der Waals surface area contributed by atoms with E-state index in [1.807, 2.05) is 24.1 Å².